The molecule has 0 atom stereocenters. The van der Waals surface area contributed by atoms with E-state index in [9.17, 15) is 9.59 Å². The lowest BCUT2D eigenvalue weighted by Crippen LogP contribution is -2.14. The van der Waals surface area contributed by atoms with Gasteiger partial charge in [0.05, 0.1) is 0 Å². The molecule has 0 amide bonds. The lowest BCUT2D eigenvalue weighted by atomic mass is 10.3. The van der Waals surface area contributed by atoms with Crippen LogP contribution >= 0.6 is 11.3 Å². The van der Waals surface area contributed by atoms with Gasteiger partial charge in [-0.15, -0.1) is 0 Å². The molecule has 0 aliphatic rings. The summed E-state index contributed by atoms with van der Waals surface area (Å²) in [5, 5.41) is 0. The van der Waals surface area contributed by atoms with Gasteiger partial charge in [-0.3, -0.25) is 19.1 Å². The van der Waals surface area contributed by atoms with Gasteiger partial charge in [-0.25, -0.2) is 0 Å². The van der Waals surface area contributed by atoms with Gasteiger partial charge in [0.25, 0.3) is 5.56 Å². The van der Waals surface area contributed by atoms with Gasteiger partial charge < -0.3 is 5.73 Å². The summed E-state index contributed by atoms with van der Waals surface area (Å²) in [5.74, 6) is 0.0246. The van der Waals surface area contributed by atoms with Crippen LogP contribution in [0.1, 0.15) is 19.8 Å². The van der Waals surface area contributed by atoms with E-state index in [1.807, 2.05) is 12.2 Å². The zero-order chi connectivity index (χ0) is 13.1. The second kappa shape index (κ2) is 5.18. The maximum absolute atomic E-state index is 11.8. The average molecular weight is 266 g/mol. The van der Waals surface area contributed by atoms with Crippen LogP contribution in [0.2, 0.25) is 0 Å². The summed E-state index contributed by atoms with van der Waals surface area (Å²) in [6.07, 6.45) is 5.93. The molecule has 0 saturated heterocycles. The third-order valence-electron chi connectivity index (χ3n) is 2.45. The summed E-state index contributed by atoms with van der Waals surface area (Å²) in [6, 6.07) is 0. The van der Waals surface area contributed by atoms with E-state index in [4.69, 9.17) is 5.73 Å². The van der Waals surface area contributed by atoms with Crippen molar-refractivity contribution >= 4 is 27.6 Å². The summed E-state index contributed by atoms with van der Waals surface area (Å²) in [7, 11) is 0. The van der Waals surface area contributed by atoms with Gasteiger partial charge in [0.15, 0.2) is 5.65 Å². The van der Waals surface area contributed by atoms with Crippen molar-refractivity contribution in [2.24, 2.45) is 0 Å². The SMILES string of the molecule is CCCC=CCn1c(=O)sc2c(=O)[nH]c(N)nc21. The number of allylic oxidation sites excluding steroid dienone is 2. The Hall–Kier alpha value is -1.89. The number of nitrogen functional groups attached to an aromatic ring is 1. The molecule has 7 heteroatoms. The number of nitrogens with two attached hydrogens (primary N) is 1. The van der Waals surface area contributed by atoms with Crippen molar-refractivity contribution in [1.82, 2.24) is 14.5 Å². The lowest BCUT2D eigenvalue weighted by Gasteiger charge is -1.98. The molecule has 2 heterocycles. The molecule has 0 spiro atoms. The predicted molar refractivity (Wildman–Crippen MR) is 73.0 cm³/mol. The zero-order valence-corrected chi connectivity index (χ0v) is 10.8. The molecule has 0 aliphatic carbocycles. The standard InChI is InChI=1S/C11H14N4O2S/c1-2-3-4-5-6-15-8-7(18-11(15)17)9(16)14-10(12)13-8/h4-5H,2-3,6H2,1H3,(H3,12,13,14,16). The van der Waals surface area contributed by atoms with Crippen molar-refractivity contribution in [3.05, 3.63) is 32.2 Å². The number of aromatic amines is 1. The van der Waals surface area contributed by atoms with E-state index in [-0.39, 0.29) is 16.4 Å². The molecule has 0 aromatic carbocycles. The van der Waals surface area contributed by atoms with E-state index < -0.39 is 0 Å². The number of fused-ring (bicyclic) bond motifs is 1. The molecule has 3 N–H and O–H groups in total. The minimum absolute atomic E-state index is 0.0246. The number of hydrogen-bond donors (Lipinski definition) is 2. The lowest BCUT2D eigenvalue weighted by molar-refractivity contribution is 0.818. The molecule has 18 heavy (non-hydrogen) atoms. The van der Waals surface area contributed by atoms with Crippen LogP contribution in [0.5, 0.6) is 0 Å². The molecule has 0 saturated carbocycles. The summed E-state index contributed by atoms with van der Waals surface area (Å²) >= 11 is 0.890. The van der Waals surface area contributed by atoms with E-state index in [1.54, 1.807) is 0 Å². The highest BCUT2D eigenvalue weighted by Gasteiger charge is 2.11. The number of rotatable bonds is 4. The Morgan fingerprint density at radius 3 is 2.94 bits per heavy atom. The van der Waals surface area contributed by atoms with Crippen molar-refractivity contribution in [2.45, 2.75) is 26.3 Å². The second-order valence-electron chi connectivity index (χ2n) is 3.84. The third-order valence-corrected chi connectivity index (χ3v) is 3.42. The Kier molecular flexibility index (Phi) is 3.61. The van der Waals surface area contributed by atoms with Crippen LogP contribution in [-0.2, 0) is 6.54 Å². The Morgan fingerprint density at radius 2 is 2.22 bits per heavy atom. The van der Waals surface area contributed by atoms with Crippen LogP contribution in [0.15, 0.2) is 21.7 Å². The number of hydrogen-bond acceptors (Lipinski definition) is 5. The highest BCUT2D eigenvalue weighted by molar-refractivity contribution is 7.16. The Labute approximate surface area is 107 Å². The number of nitrogens with zero attached hydrogens (tertiary/aromatic N) is 2. The van der Waals surface area contributed by atoms with E-state index in [0.29, 0.717) is 16.9 Å². The van der Waals surface area contributed by atoms with Crippen LogP contribution in [-0.4, -0.2) is 14.5 Å². The van der Waals surface area contributed by atoms with Gasteiger partial charge in [0, 0.05) is 6.54 Å². The van der Waals surface area contributed by atoms with Gasteiger partial charge in [0.1, 0.15) is 4.70 Å². The Balaban J connectivity index is 2.47. The van der Waals surface area contributed by atoms with E-state index in [0.717, 1.165) is 24.2 Å². The summed E-state index contributed by atoms with van der Waals surface area (Å²) in [5.41, 5.74) is 5.47. The first-order valence-electron chi connectivity index (χ1n) is 5.67. The molecular weight excluding hydrogens is 252 g/mol. The maximum atomic E-state index is 11.8. The van der Waals surface area contributed by atoms with Crippen molar-refractivity contribution in [3.63, 3.8) is 0 Å². The average Bonchev–Trinajstić information content (AvgIpc) is 2.62. The first kappa shape index (κ1) is 12.6. The number of aromatic nitrogens is 3. The van der Waals surface area contributed by atoms with Crippen LogP contribution in [0.4, 0.5) is 5.95 Å². The molecular formula is C11H14N4O2S. The maximum Gasteiger partial charge on any atom is 0.309 e. The fourth-order valence-electron chi connectivity index (χ4n) is 1.60. The molecule has 96 valence electrons. The van der Waals surface area contributed by atoms with Crippen LogP contribution < -0.4 is 16.2 Å². The van der Waals surface area contributed by atoms with Gasteiger partial charge in [-0.2, -0.15) is 4.98 Å². The van der Waals surface area contributed by atoms with Gasteiger partial charge in [-0.1, -0.05) is 36.8 Å². The fourth-order valence-corrected chi connectivity index (χ4v) is 2.43. The number of unbranched alkanes of at least 4 members (excludes halogenated alkanes) is 1. The number of nitrogens with one attached hydrogen (secondary N) is 1. The minimum Gasteiger partial charge on any atom is -0.369 e. The first-order chi connectivity index (χ1) is 8.63. The topological polar surface area (TPSA) is 93.8 Å². The predicted octanol–water partition coefficient (Wildman–Crippen LogP) is 1.08. The molecule has 0 radical (unpaired) electrons. The molecule has 0 unspecified atom stereocenters. The molecule has 2 aromatic rings. The van der Waals surface area contributed by atoms with Crippen molar-refractivity contribution < 1.29 is 0 Å². The fraction of sp³-hybridized carbons (Fsp3) is 0.364. The molecule has 0 aliphatic heterocycles. The van der Waals surface area contributed by atoms with Gasteiger partial charge in [-0.05, 0) is 6.42 Å². The molecule has 2 rings (SSSR count). The van der Waals surface area contributed by atoms with Crippen molar-refractivity contribution in [1.29, 1.82) is 0 Å². The van der Waals surface area contributed by atoms with E-state index in [2.05, 4.69) is 16.9 Å². The molecule has 0 fully saturated rings. The molecule has 0 bridgehead atoms. The quantitative estimate of drug-likeness (QED) is 0.810. The smallest absolute Gasteiger partial charge is 0.309 e. The van der Waals surface area contributed by atoms with E-state index >= 15 is 0 Å². The van der Waals surface area contributed by atoms with Crippen LogP contribution in [0, 0.1) is 0 Å². The van der Waals surface area contributed by atoms with Gasteiger partial charge >= 0.3 is 4.87 Å². The number of thiazole rings is 1. The summed E-state index contributed by atoms with van der Waals surface area (Å²) < 4.78 is 1.77. The third kappa shape index (κ3) is 2.35. The number of H-pyrrole nitrogens is 1. The first-order valence-corrected chi connectivity index (χ1v) is 6.49. The molecule has 6 nitrogen and oxygen atoms in total. The normalized spacial score (nSPS) is 11.6. The zero-order valence-electron chi connectivity index (χ0n) is 9.97. The Morgan fingerprint density at radius 1 is 1.44 bits per heavy atom. The minimum atomic E-state index is -0.365. The summed E-state index contributed by atoms with van der Waals surface area (Å²) in [4.78, 5) is 29.6. The molecule has 2 aromatic heterocycles. The van der Waals surface area contributed by atoms with Crippen LogP contribution in [0.3, 0.4) is 0 Å². The Bertz CT molecular complexity index is 695. The monoisotopic (exact) mass is 266 g/mol. The summed E-state index contributed by atoms with van der Waals surface area (Å²) in [6.45, 7) is 2.49. The highest BCUT2D eigenvalue weighted by Crippen LogP contribution is 2.10. The number of anilines is 1. The second-order valence-corrected chi connectivity index (χ2v) is 4.80. The van der Waals surface area contributed by atoms with Gasteiger partial charge in [0.2, 0.25) is 5.95 Å². The largest absolute Gasteiger partial charge is 0.369 e. The van der Waals surface area contributed by atoms with Crippen molar-refractivity contribution in [2.75, 3.05) is 5.73 Å². The van der Waals surface area contributed by atoms with Crippen molar-refractivity contribution in [3.8, 4) is 0 Å². The van der Waals surface area contributed by atoms with E-state index in [1.165, 1.54) is 4.57 Å². The van der Waals surface area contributed by atoms with Crippen LogP contribution in [0.25, 0.3) is 10.3 Å². The highest BCUT2D eigenvalue weighted by atomic mass is 32.1.